The summed E-state index contributed by atoms with van der Waals surface area (Å²) in [6.45, 7) is 0.188. The van der Waals surface area contributed by atoms with Crippen LogP contribution in [0.5, 0.6) is 0 Å². The number of hydrogen-bond donors (Lipinski definition) is 2. The molecular formula is C16H15FN2O3. The summed E-state index contributed by atoms with van der Waals surface area (Å²) >= 11 is 0. The number of carbonyl (C=O) groups excluding carboxylic acids is 2. The van der Waals surface area contributed by atoms with E-state index in [1.807, 2.05) is 0 Å². The number of esters is 1. The predicted molar refractivity (Wildman–Crippen MR) is 80.0 cm³/mol. The summed E-state index contributed by atoms with van der Waals surface area (Å²) in [7, 11) is 1.26. The highest BCUT2D eigenvalue weighted by atomic mass is 19.1. The van der Waals surface area contributed by atoms with Crippen molar-refractivity contribution >= 4 is 17.6 Å². The van der Waals surface area contributed by atoms with E-state index in [0.717, 1.165) is 0 Å². The van der Waals surface area contributed by atoms with Gasteiger partial charge in [-0.05, 0) is 35.9 Å². The zero-order chi connectivity index (χ0) is 16.1. The Bertz CT molecular complexity index is 716. The monoisotopic (exact) mass is 302 g/mol. The lowest BCUT2D eigenvalue weighted by Crippen LogP contribution is -2.15. The van der Waals surface area contributed by atoms with Gasteiger partial charge in [0.15, 0.2) is 0 Å². The molecule has 0 atom stereocenters. The zero-order valence-electron chi connectivity index (χ0n) is 11.9. The summed E-state index contributed by atoms with van der Waals surface area (Å²) in [5.41, 5.74) is 6.74. The van der Waals surface area contributed by atoms with Crippen LogP contribution in [-0.4, -0.2) is 19.0 Å². The molecule has 0 saturated heterocycles. The molecule has 6 heteroatoms. The Hall–Kier alpha value is -2.73. The van der Waals surface area contributed by atoms with Crippen molar-refractivity contribution in [1.29, 1.82) is 0 Å². The number of carbonyl (C=O) groups is 2. The van der Waals surface area contributed by atoms with Crippen LogP contribution in [0.25, 0.3) is 0 Å². The molecule has 0 unspecified atom stereocenters. The molecule has 114 valence electrons. The first kappa shape index (κ1) is 15.7. The van der Waals surface area contributed by atoms with E-state index in [-0.39, 0.29) is 17.7 Å². The average Bonchev–Trinajstić information content (AvgIpc) is 2.53. The SMILES string of the molecule is COC(=O)c1cc(CN)cc(NC(=O)c2ccccc2F)c1. The molecule has 0 aromatic heterocycles. The van der Waals surface area contributed by atoms with Crippen molar-refractivity contribution in [3.63, 3.8) is 0 Å². The van der Waals surface area contributed by atoms with Gasteiger partial charge in [-0.25, -0.2) is 9.18 Å². The largest absolute Gasteiger partial charge is 0.465 e. The molecule has 0 spiro atoms. The molecule has 0 aliphatic heterocycles. The van der Waals surface area contributed by atoms with E-state index < -0.39 is 17.7 Å². The number of nitrogens with two attached hydrogens (primary N) is 1. The van der Waals surface area contributed by atoms with Crippen molar-refractivity contribution in [3.8, 4) is 0 Å². The fourth-order valence-corrected chi connectivity index (χ4v) is 1.96. The Morgan fingerprint density at radius 2 is 1.95 bits per heavy atom. The summed E-state index contributed by atoms with van der Waals surface area (Å²) in [6.07, 6.45) is 0. The van der Waals surface area contributed by atoms with Gasteiger partial charge in [-0.15, -0.1) is 0 Å². The van der Waals surface area contributed by atoms with Crippen LogP contribution >= 0.6 is 0 Å². The third kappa shape index (κ3) is 3.48. The van der Waals surface area contributed by atoms with E-state index in [2.05, 4.69) is 10.1 Å². The summed E-state index contributed by atoms with van der Waals surface area (Å²) in [5, 5.41) is 2.55. The Morgan fingerprint density at radius 3 is 2.59 bits per heavy atom. The first-order valence-corrected chi connectivity index (χ1v) is 6.53. The fraction of sp³-hybridized carbons (Fsp3) is 0.125. The molecule has 0 saturated carbocycles. The van der Waals surface area contributed by atoms with Crippen LogP contribution in [0.1, 0.15) is 26.3 Å². The number of hydrogen-bond acceptors (Lipinski definition) is 4. The lowest BCUT2D eigenvalue weighted by molar-refractivity contribution is 0.0600. The van der Waals surface area contributed by atoms with E-state index >= 15 is 0 Å². The number of rotatable bonds is 4. The Kier molecular flexibility index (Phi) is 4.85. The van der Waals surface area contributed by atoms with Crippen molar-refractivity contribution in [3.05, 3.63) is 65.0 Å². The smallest absolute Gasteiger partial charge is 0.337 e. The van der Waals surface area contributed by atoms with Crippen molar-refractivity contribution < 1.29 is 18.7 Å². The second-order valence-corrected chi connectivity index (χ2v) is 4.55. The van der Waals surface area contributed by atoms with Crippen LogP contribution < -0.4 is 11.1 Å². The number of halogens is 1. The first-order chi connectivity index (χ1) is 10.5. The van der Waals surface area contributed by atoms with Crippen LogP contribution in [0.15, 0.2) is 42.5 Å². The van der Waals surface area contributed by atoms with E-state index in [0.29, 0.717) is 11.3 Å². The van der Waals surface area contributed by atoms with Gasteiger partial charge in [0.05, 0.1) is 18.2 Å². The highest BCUT2D eigenvalue weighted by molar-refractivity contribution is 6.05. The summed E-state index contributed by atoms with van der Waals surface area (Å²) in [4.78, 5) is 23.7. The van der Waals surface area contributed by atoms with E-state index in [9.17, 15) is 14.0 Å². The van der Waals surface area contributed by atoms with E-state index in [1.54, 1.807) is 18.2 Å². The summed E-state index contributed by atoms with van der Waals surface area (Å²) in [5.74, 6) is -1.78. The highest BCUT2D eigenvalue weighted by Gasteiger charge is 2.13. The third-order valence-electron chi connectivity index (χ3n) is 3.03. The number of ether oxygens (including phenoxy) is 1. The molecule has 2 rings (SSSR count). The van der Waals surface area contributed by atoms with Crippen LogP contribution in [-0.2, 0) is 11.3 Å². The van der Waals surface area contributed by atoms with Crippen LogP contribution in [0.2, 0.25) is 0 Å². The van der Waals surface area contributed by atoms with Gasteiger partial charge in [0, 0.05) is 12.2 Å². The van der Waals surface area contributed by atoms with Gasteiger partial charge in [-0.2, -0.15) is 0 Å². The normalized spacial score (nSPS) is 10.1. The molecule has 2 aromatic rings. The Balaban J connectivity index is 2.31. The molecule has 3 N–H and O–H groups in total. The lowest BCUT2D eigenvalue weighted by Gasteiger charge is -2.10. The minimum Gasteiger partial charge on any atom is -0.465 e. The van der Waals surface area contributed by atoms with Gasteiger partial charge < -0.3 is 15.8 Å². The molecule has 0 aliphatic carbocycles. The van der Waals surface area contributed by atoms with E-state index in [1.165, 1.54) is 31.4 Å². The van der Waals surface area contributed by atoms with Gasteiger partial charge >= 0.3 is 5.97 Å². The van der Waals surface area contributed by atoms with Crippen molar-refractivity contribution in [2.75, 3.05) is 12.4 Å². The predicted octanol–water partition coefficient (Wildman–Crippen LogP) is 2.32. The average molecular weight is 302 g/mol. The topological polar surface area (TPSA) is 81.4 Å². The minimum atomic E-state index is -0.622. The molecule has 0 aliphatic rings. The van der Waals surface area contributed by atoms with Crippen LogP contribution in [0.4, 0.5) is 10.1 Å². The lowest BCUT2D eigenvalue weighted by atomic mass is 10.1. The number of benzene rings is 2. The molecule has 0 radical (unpaired) electrons. The number of anilines is 1. The van der Waals surface area contributed by atoms with Gasteiger partial charge in [0.25, 0.3) is 5.91 Å². The zero-order valence-corrected chi connectivity index (χ0v) is 11.9. The van der Waals surface area contributed by atoms with Crippen LogP contribution in [0, 0.1) is 5.82 Å². The van der Waals surface area contributed by atoms with Crippen LogP contribution in [0.3, 0.4) is 0 Å². The maximum Gasteiger partial charge on any atom is 0.337 e. The first-order valence-electron chi connectivity index (χ1n) is 6.53. The molecular weight excluding hydrogens is 287 g/mol. The molecule has 0 heterocycles. The molecule has 0 bridgehead atoms. The Labute approximate surface area is 126 Å². The van der Waals surface area contributed by atoms with Crippen molar-refractivity contribution in [1.82, 2.24) is 0 Å². The van der Waals surface area contributed by atoms with Crippen molar-refractivity contribution in [2.45, 2.75) is 6.54 Å². The fourth-order valence-electron chi connectivity index (χ4n) is 1.96. The number of nitrogens with one attached hydrogen (secondary N) is 1. The van der Waals surface area contributed by atoms with Gasteiger partial charge in [0.1, 0.15) is 5.82 Å². The second kappa shape index (κ2) is 6.82. The minimum absolute atomic E-state index is 0.0831. The standard InChI is InChI=1S/C16H15FN2O3/c1-22-16(21)11-6-10(9-18)7-12(8-11)19-15(20)13-4-2-3-5-14(13)17/h2-8H,9,18H2,1H3,(H,19,20). The number of amides is 1. The molecule has 5 nitrogen and oxygen atoms in total. The summed E-state index contributed by atoms with van der Waals surface area (Å²) < 4.78 is 18.2. The molecule has 22 heavy (non-hydrogen) atoms. The molecule has 1 amide bonds. The second-order valence-electron chi connectivity index (χ2n) is 4.55. The highest BCUT2D eigenvalue weighted by Crippen LogP contribution is 2.17. The molecule has 2 aromatic carbocycles. The Morgan fingerprint density at radius 1 is 1.23 bits per heavy atom. The van der Waals surface area contributed by atoms with Gasteiger partial charge in [-0.1, -0.05) is 12.1 Å². The summed E-state index contributed by atoms with van der Waals surface area (Å²) in [6, 6.07) is 10.3. The maximum atomic E-state index is 13.6. The third-order valence-corrected chi connectivity index (χ3v) is 3.03. The number of methoxy groups -OCH3 is 1. The quantitative estimate of drug-likeness (QED) is 0.849. The molecule has 0 fully saturated rings. The maximum absolute atomic E-state index is 13.6. The van der Waals surface area contributed by atoms with Gasteiger partial charge in [-0.3, -0.25) is 4.79 Å². The van der Waals surface area contributed by atoms with Crippen molar-refractivity contribution in [2.24, 2.45) is 5.73 Å². The van der Waals surface area contributed by atoms with E-state index in [4.69, 9.17) is 5.73 Å². The van der Waals surface area contributed by atoms with Gasteiger partial charge in [0.2, 0.25) is 0 Å².